The minimum Gasteiger partial charge on any atom is -0.382 e. The summed E-state index contributed by atoms with van der Waals surface area (Å²) in [6, 6.07) is 4.31. The molecule has 0 saturated heterocycles. The molecule has 1 aliphatic carbocycles. The Morgan fingerprint density at radius 3 is 3.00 bits per heavy atom. The van der Waals surface area contributed by atoms with E-state index >= 15 is 0 Å². The van der Waals surface area contributed by atoms with Gasteiger partial charge in [0.15, 0.2) is 0 Å². The van der Waals surface area contributed by atoms with E-state index in [0.717, 1.165) is 18.5 Å². The summed E-state index contributed by atoms with van der Waals surface area (Å²) in [4.78, 5) is 4.01. The van der Waals surface area contributed by atoms with E-state index in [0.29, 0.717) is 18.0 Å². The van der Waals surface area contributed by atoms with Crippen LogP contribution in [0.25, 0.3) is 0 Å². The first kappa shape index (κ1) is 9.27. The van der Waals surface area contributed by atoms with Gasteiger partial charge in [0, 0.05) is 19.3 Å². The average molecular weight is 193 g/mol. The maximum absolute atomic E-state index is 5.71. The molecule has 3 N–H and O–H groups in total. The zero-order valence-electron chi connectivity index (χ0n) is 8.23. The monoisotopic (exact) mass is 193 g/mol. The van der Waals surface area contributed by atoms with E-state index in [1.807, 2.05) is 12.1 Å². The molecule has 0 spiro atoms. The van der Waals surface area contributed by atoms with Crippen molar-refractivity contribution in [3.05, 3.63) is 18.3 Å². The quantitative estimate of drug-likeness (QED) is 0.758. The molecule has 0 aromatic carbocycles. The molecule has 1 aliphatic rings. The van der Waals surface area contributed by atoms with Gasteiger partial charge in [-0.15, -0.1) is 0 Å². The summed E-state index contributed by atoms with van der Waals surface area (Å²) in [7, 11) is 1.75. The Bertz CT molecular complexity index is 310. The van der Waals surface area contributed by atoms with Crippen LogP contribution in [0.3, 0.4) is 0 Å². The lowest BCUT2D eigenvalue weighted by molar-refractivity contribution is 0.0329. The third-order valence-electron chi connectivity index (χ3n) is 2.63. The van der Waals surface area contributed by atoms with Crippen molar-refractivity contribution in [2.45, 2.75) is 25.0 Å². The Hall–Kier alpha value is -1.29. The number of nitrogens with one attached hydrogen (secondary N) is 1. The van der Waals surface area contributed by atoms with Gasteiger partial charge in [-0.25, -0.2) is 4.98 Å². The number of pyridine rings is 1. The number of anilines is 2. The fourth-order valence-corrected chi connectivity index (χ4v) is 1.64. The first-order valence-electron chi connectivity index (χ1n) is 4.79. The highest BCUT2D eigenvalue weighted by atomic mass is 16.5. The van der Waals surface area contributed by atoms with Gasteiger partial charge >= 0.3 is 0 Å². The van der Waals surface area contributed by atoms with Crippen molar-refractivity contribution in [3.8, 4) is 0 Å². The van der Waals surface area contributed by atoms with E-state index < -0.39 is 0 Å². The van der Waals surface area contributed by atoms with Crippen LogP contribution in [0.5, 0.6) is 0 Å². The molecule has 0 aliphatic heterocycles. The summed E-state index contributed by atoms with van der Waals surface area (Å²) in [6.07, 6.45) is 4.19. The Kier molecular flexibility index (Phi) is 2.54. The van der Waals surface area contributed by atoms with Gasteiger partial charge in [0.2, 0.25) is 0 Å². The van der Waals surface area contributed by atoms with E-state index in [1.165, 1.54) is 0 Å². The van der Waals surface area contributed by atoms with Crippen LogP contribution in [-0.2, 0) is 4.74 Å². The molecule has 0 radical (unpaired) electrons. The highest BCUT2D eigenvalue weighted by Gasteiger charge is 2.28. The summed E-state index contributed by atoms with van der Waals surface area (Å²) in [5.41, 5.74) is 6.63. The molecular weight excluding hydrogens is 178 g/mol. The smallest absolute Gasteiger partial charge is 0.146 e. The zero-order chi connectivity index (χ0) is 9.97. The van der Waals surface area contributed by atoms with Crippen LogP contribution in [0, 0.1) is 0 Å². The van der Waals surface area contributed by atoms with E-state index in [-0.39, 0.29) is 0 Å². The van der Waals surface area contributed by atoms with Crippen LogP contribution in [0.2, 0.25) is 0 Å². The maximum Gasteiger partial charge on any atom is 0.146 e. The molecular formula is C10H15N3O. The number of ether oxygens (including phenoxy) is 1. The van der Waals surface area contributed by atoms with Crippen LogP contribution in [-0.4, -0.2) is 24.2 Å². The largest absolute Gasteiger partial charge is 0.382 e. The van der Waals surface area contributed by atoms with Crippen LogP contribution in [0.15, 0.2) is 18.3 Å². The average Bonchev–Trinajstić information content (AvgIpc) is 2.13. The van der Waals surface area contributed by atoms with Gasteiger partial charge in [-0.05, 0) is 25.0 Å². The fraction of sp³-hybridized carbons (Fsp3) is 0.500. The van der Waals surface area contributed by atoms with Gasteiger partial charge in [-0.3, -0.25) is 0 Å². The lowest BCUT2D eigenvalue weighted by Crippen LogP contribution is -2.40. The molecule has 14 heavy (non-hydrogen) atoms. The van der Waals surface area contributed by atoms with Crippen molar-refractivity contribution in [3.63, 3.8) is 0 Å². The Balaban J connectivity index is 1.90. The number of nitrogens with two attached hydrogens (primary N) is 1. The number of nitrogens with zero attached hydrogens (tertiary/aromatic N) is 1. The molecule has 1 aromatic rings. The molecule has 0 unspecified atom stereocenters. The second-order valence-electron chi connectivity index (χ2n) is 3.61. The van der Waals surface area contributed by atoms with Crippen LogP contribution in [0.1, 0.15) is 12.8 Å². The molecule has 2 rings (SSSR count). The highest BCUT2D eigenvalue weighted by Crippen LogP contribution is 2.27. The molecule has 76 valence electrons. The third kappa shape index (κ3) is 1.80. The van der Waals surface area contributed by atoms with Crippen molar-refractivity contribution in [2.75, 3.05) is 18.2 Å². The van der Waals surface area contributed by atoms with Gasteiger partial charge in [-0.2, -0.15) is 0 Å². The second-order valence-corrected chi connectivity index (χ2v) is 3.61. The van der Waals surface area contributed by atoms with Crippen molar-refractivity contribution in [2.24, 2.45) is 0 Å². The van der Waals surface area contributed by atoms with Gasteiger partial charge in [0.05, 0.1) is 11.8 Å². The van der Waals surface area contributed by atoms with Crippen molar-refractivity contribution >= 4 is 11.5 Å². The van der Waals surface area contributed by atoms with Gasteiger partial charge in [0.25, 0.3) is 0 Å². The van der Waals surface area contributed by atoms with E-state index in [1.54, 1.807) is 13.3 Å². The zero-order valence-corrected chi connectivity index (χ0v) is 8.23. The number of hydrogen-bond acceptors (Lipinski definition) is 4. The molecule has 1 aromatic heterocycles. The number of rotatable bonds is 3. The summed E-state index contributed by atoms with van der Waals surface area (Å²) >= 11 is 0. The lowest BCUT2D eigenvalue weighted by atomic mass is 9.89. The van der Waals surface area contributed by atoms with Crippen LogP contribution in [0.4, 0.5) is 11.5 Å². The third-order valence-corrected chi connectivity index (χ3v) is 2.63. The normalized spacial score (nSPS) is 25.5. The number of nitrogen functional groups attached to an aromatic ring is 1. The fourth-order valence-electron chi connectivity index (χ4n) is 1.64. The first-order chi connectivity index (χ1) is 6.79. The predicted molar refractivity (Wildman–Crippen MR) is 56.1 cm³/mol. The molecule has 4 heteroatoms. The summed E-state index contributed by atoms with van der Waals surface area (Å²) in [5.74, 6) is 0.563. The molecule has 1 saturated carbocycles. The molecule has 0 bridgehead atoms. The van der Waals surface area contributed by atoms with E-state index in [2.05, 4.69) is 10.3 Å². The lowest BCUT2D eigenvalue weighted by Gasteiger charge is -2.35. The summed E-state index contributed by atoms with van der Waals surface area (Å²) < 4.78 is 5.20. The standard InChI is InChI=1S/C10H15N3O/c1-14-8-5-7(6-8)13-9-3-2-4-12-10(9)11/h2-4,7-8,13H,5-6H2,1H3,(H2,11,12). The molecule has 0 amide bonds. The van der Waals surface area contributed by atoms with Crippen molar-refractivity contribution in [1.29, 1.82) is 0 Å². The van der Waals surface area contributed by atoms with Crippen molar-refractivity contribution in [1.82, 2.24) is 4.98 Å². The first-order valence-corrected chi connectivity index (χ1v) is 4.79. The minimum absolute atomic E-state index is 0.408. The predicted octanol–water partition coefficient (Wildman–Crippen LogP) is 1.25. The molecule has 0 atom stereocenters. The van der Waals surface area contributed by atoms with E-state index in [4.69, 9.17) is 10.5 Å². The van der Waals surface area contributed by atoms with Crippen LogP contribution >= 0.6 is 0 Å². The number of aromatic nitrogens is 1. The number of methoxy groups -OCH3 is 1. The molecule has 4 nitrogen and oxygen atoms in total. The Labute approximate surface area is 83.5 Å². The Morgan fingerprint density at radius 2 is 2.36 bits per heavy atom. The molecule has 1 heterocycles. The van der Waals surface area contributed by atoms with Gasteiger partial charge in [-0.1, -0.05) is 0 Å². The second kappa shape index (κ2) is 3.84. The summed E-state index contributed by atoms with van der Waals surface area (Å²) in [6.45, 7) is 0. The van der Waals surface area contributed by atoms with Gasteiger partial charge < -0.3 is 15.8 Å². The summed E-state index contributed by atoms with van der Waals surface area (Å²) in [5, 5.41) is 3.34. The SMILES string of the molecule is COC1CC(Nc2cccnc2N)C1. The Morgan fingerprint density at radius 1 is 1.57 bits per heavy atom. The highest BCUT2D eigenvalue weighted by molar-refractivity contribution is 5.61. The van der Waals surface area contributed by atoms with Crippen LogP contribution < -0.4 is 11.1 Å². The minimum atomic E-state index is 0.408. The topological polar surface area (TPSA) is 60.2 Å². The van der Waals surface area contributed by atoms with E-state index in [9.17, 15) is 0 Å². The van der Waals surface area contributed by atoms with Gasteiger partial charge in [0.1, 0.15) is 5.82 Å². The van der Waals surface area contributed by atoms with Crippen molar-refractivity contribution < 1.29 is 4.74 Å². The molecule has 1 fully saturated rings. The number of hydrogen-bond donors (Lipinski definition) is 2. The maximum atomic E-state index is 5.71.